The molecule has 26 heavy (non-hydrogen) atoms. The van der Waals surface area contributed by atoms with Gasteiger partial charge in [0.1, 0.15) is 0 Å². The minimum Gasteiger partial charge on any atom is -0.380 e. The van der Waals surface area contributed by atoms with Crippen LogP contribution in [0.2, 0.25) is 0 Å². The summed E-state index contributed by atoms with van der Waals surface area (Å²) in [6.07, 6.45) is 15.6. The predicted molar refractivity (Wildman–Crippen MR) is 107 cm³/mol. The molecule has 0 spiro atoms. The van der Waals surface area contributed by atoms with Gasteiger partial charge in [0, 0.05) is 7.11 Å². The average Bonchev–Trinajstić information content (AvgIpc) is 2.70. The highest BCUT2D eigenvalue weighted by atomic mass is 19.1. The normalized spacial score (nSPS) is 29.9. The lowest BCUT2D eigenvalue weighted by Crippen LogP contribution is -2.25. The standard InChI is InChI=1S/C24H35FO/c1-26-18-20-7-11-22(12-8-20)24-15-13-23(14-16-24)21-9-5-19(6-10-21)4-2-3-17-25/h3,7-8,11-12,17,19,21,23-24H,2,4-6,9-10,13-16,18H2,1H3. The van der Waals surface area contributed by atoms with Gasteiger partial charge in [-0.25, -0.2) is 4.39 Å². The number of ether oxygens (including phenoxy) is 1. The first-order chi connectivity index (χ1) is 12.8. The van der Waals surface area contributed by atoms with Crippen molar-refractivity contribution < 1.29 is 9.13 Å². The van der Waals surface area contributed by atoms with Gasteiger partial charge in [-0.2, -0.15) is 0 Å². The van der Waals surface area contributed by atoms with Crippen LogP contribution in [-0.2, 0) is 11.3 Å². The van der Waals surface area contributed by atoms with Crippen LogP contribution in [0.25, 0.3) is 0 Å². The molecular formula is C24H35FO. The number of halogens is 1. The zero-order valence-electron chi connectivity index (χ0n) is 16.3. The lowest BCUT2D eigenvalue weighted by molar-refractivity contribution is 0.157. The van der Waals surface area contributed by atoms with Gasteiger partial charge in [0.25, 0.3) is 0 Å². The molecule has 0 atom stereocenters. The minimum absolute atomic E-state index is 0.704. The molecule has 1 nitrogen and oxygen atoms in total. The Bertz CT molecular complexity index is 534. The summed E-state index contributed by atoms with van der Waals surface area (Å²) < 4.78 is 17.3. The zero-order valence-corrected chi connectivity index (χ0v) is 16.3. The highest BCUT2D eigenvalue weighted by molar-refractivity contribution is 5.25. The summed E-state index contributed by atoms with van der Waals surface area (Å²) in [6.45, 7) is 0.708. The average molecular weight is 359 g/mol. The Labute approximate surface area is 159 Å². The zero-order chi connectivity index (χ0) is 18.2. The van der Waals surface area contributed by atoms with E-state index in [0.29, 0.717) is 12.9 Å². The summed E-state index contributed by atoms with van der Waals surface area (Å²) in [4.78, 5) is 0. The summed E-state index contributed by atoms with van der Waals surface area (Å²) in [5.41, 5.74) is 2.79. The predicted octanol–water partition coefficient (Wildman–Crippen LogP) is 7.18. The first-order valence-corrected chi connectivity index (χ1v) is 10.6. The molecule has 0 aliphatic heterocycles. The summed E-state index contributed by atoms with van der Waals surface area (Å²) in [5.74, 6) is 3.50. The number of rotatable bonds is 7. The highest BCUT2D eigenvalue weighted by Crippen LogP contribution is 2.44. The molecular weight excluding hydrogens is 323 g/mol. The van der Waals surface area contributed by atoms with Crippen molar-refractivity contribution in [2.45, 2.75) is 76.7 Å². The van der Waals surface area contributed by atoms with Crippen molar-refractivity contribution in [1.29, 1.82) is 0 Å². The third-order valence-electron chi connectivity index (χ3n) is 6.92. The summed E-state index contributed by atoms with van der Waals surface area (Å²) in [6, 6.07) is 9.08. The number of methoxy groups -OCH3 is 1. The molecule has 144 valence electrons. The van der Waals surface area contributed by atoms with Crippen LogP contribution in [0.5, 0.6) is 0 Å². The number of benzene rings is 1. The topological polar surface area (TPSA) is 9.23 Å². The van der Waals surface area contributed by atoms with Gasteiger partial charge in [0.2, 0.25) is 0 Å². The fraction of sp³-hybridized carbons (Fsp3) is 0.667. The second kappa shape index (κ2) is 10.3. The number of allylic oxidation sites excluding steroid dienone is 1. The minimum atomic E-state index is 0.704. The molecule has 1 aromatic rings. The van der Waals surface area contributed by atoms with Crippen molar-refractivity contribution in [2.24, 2.45) is 17.8 Å². The van der Waals surface area contributed by atoms with Crippen LogP contribution < -0.4 is 0 Å². The fourth-order valence-electron chi connectivity index (χ4n) is 5.32. The molecule has 0 aromatic heterocycles. The second-order valence-corrected chi connectivity index (χ2v) is 8.51. The number of hydrogen-bond donors (Lipinski definition) is 0. The van der Waals surface area contributed by atoms with Crippen molar-refractivity contribution >= 4 is 0 Å². The third kappa shape index (κ3) is 5.42. The van der Waals surface area contributed by atoms with Crippen molar-refractivity contribution in [1.82, 2.24) is 0 Å². The molecule has 2 saturated carbocycles. The van der Waals surface area contributed by atoms with E-state index in [2.05, 4.69) is 24.3 Å². The van der Waals surface area contributed by atoms with Crippen molar-refractivity contribution in [3.63, 3.8) is 0 Å². The van der Waals surface area contributed by atoms with E-state index in [1.165, 1.54) is 68.9 Å². The van der Waals surface area contributed by atoms with E-state index in [0.717, 1.165) is 30.1 Å². The van der Waals surface area contributed by atoms with Crippen molar-refractivity contribution in [2.75, 3.05) is 7.11 Å². The Morgan fingerprint density at radius 3 is 2.12 bits per heavy atom. The maximum Gasteiger partial charge on any atom is 0.0827 e. The van der Waals surface area contributed by atoms with Gasteiger partial charge >= 0.3 is 0 Å². The molecule has 3 rings (SSSR count). The van der Waals surface area contributed by atoms with Gasteiger partial charge in [-0.3, -0.25) is 0 Å². The lowest BCUT2D eigenvalue weighted by Gasteiger charge is -2.38. The molecule has 0 N–H and O–H groups in total. The van der Waals surface area contributed by atoms with Gasteiger partial charge < -0.3 is 4.74 Å². The van der Waals surface area contributed by atoms with Crippen LogP contribution in [0, 0.1) is 17.8 Å². The van der Waals surface area contributed by atoms with Crippen LogP contribution in [0.15, 0.2) is 36.7 Å². The van der Waals surface area contributed by atoms with E-state index in [9.17, 15) is 4.39 Å². The van der Waals surface area contributed by atoms with Crippen LogP contribution in [0.3, 0.4) is 0 Å². The second-order valence-electron chi connectivity index (χ2n) is 8.51. The van der Waals surface area contributed by atoms with E-state index in [-0.39, 0.29) is 0 Å². The molecule has 0 amide bonds. The van der Waals surface area contributed by atoms with Crippen molar-refractivity contribution in [3.8, 4) is 0 Å². The van der Waals surface area contributed by atoms with Gasteiger partial charge in [-0.15, -0.1) is 0 Å². The Hall–Kier alpha value is -1.15. The summed E-state index contributed by atoms with van der Waals surface area (Å²) in [5, 5.41) is 0. The molecule has 1 aromatic carbocycles. The SMILES string of the molecule is COCc1ccc(C2CCC(C3CCC(CCC=CF)CC3)CC2)cc1. The molecule has 0 radical (unpaired) electrons. The Kier molecular flexibility index (Phi) is 7.73. The quantitative estimate of drug-likeness (QED) is 0.502. The van der Waals surface area contributed by atoms with Crippen molar-refractivity contribution in [3.05, 3.63) is 47.8 Å². The summed E-state index contributed by atoms with van der Waals surface area (Å²) in [7, 11) is 1.75. The van der Waals surface area contributed by atoms with Crippen LogP contribution in [0.1, 0.15) is 81.3 Å². The number of hydrogen-bond acceptors (Lipinski definition) is 1. The summed E-state index contributed by atoms with van der Waals surface area (Å²) >= 11 is 0. The highest BCUT2D eigenvalue weighted by Gasteiger charge is 2.31. The fourth-order valence-corrected chi connectivity index (χ4v) is 5.32. The molecule has 0 unspecified atom stereocenters. The van der Waals surface area contributed by atoms with E-state index in [1.54, 1.807) is 13.2 Å². The monoisotopic (exact) mass is 358 g/mol. The maximum absolute atomic E-state index is 12.1. The van der Waals surface area contributed by atoms with E-state index in [1.807, 2.05) is 0 Å². The molecule has 0 bridgehead atoms. The van der Waals surface area contributed by atoms with Gasteiger partial charge in [-0.1, -0.05) is 43.2 Å². The van der Waals surface area contributed by atoms with E-state index < -0.39 is 0 Å². The molecule has 0 heterocycles. The first-order valence-electron chi connectivity index (χ1n) is 10.6. The molecule has 2 aliphatic rings. The lowest BCUT2D eigenvalue weighted by atomic mass is 9.68. The third-order valence-corrected chi connectivity index (χ3v) is 6.92. The maximum atomic E-state index is 12.1. The van der Waals surface area contributed by atoms with Gasteiger partial charge in [-0.05, 0) is 86.2 Å². The molecule has 2 fully saturated rings. The molecule has 2 heteroatoms. The Balaban J connectivity index is 1.41. The van der Waals surface area contributed by atoms with Gasteiger partial charge in [0.15, 0.2) is 0 Å². The molecule has 0 saturated heterocycles. The first kappa shape index (κ1) is 19.6. The van der Waals surface area contributed by atoms with E-state index in [4.69, 9.17) is 4.74 Å². The smallest absolute Gasteiger partial charge is 0.0827 e. The Morgan fingerprint density at radius 2 is 1.54 bits per heavy atom. The largest absolute Gasteiger partial charge is 0.380 e. The van der Waals surface area contributed by atoms with Crippen LogP contribution in [0.4, 0.5) is 4.39 Å². The van der Waals surface area contributed by atoms with E-state index >= 15 is 0 Å². The van der Waals surface area contributed by atoms with Gasteiger partial charge in [0.05, 0.1) is 12.9 Å². The molecule has 2 aliphatic carbocycles. The van der Waals surface area contributed by atoms with Crippen LogP contribution in [-0.4, -0.2) is 7.11 Å². The van der Waals surface area contributed by atoms with Crippen LogP contribution >= 0.6 is 0 Å². The Morgan fingerprint density at radius 1 is 0.923 bits per heavy atom.